The molecule has 0 heterocycles. The molecule has 2 rings (SSSR count). The molecular weight excluding hydrogens is 368 g/mol. The monoisotopic (exact) mass is 388 g/mol. The van der Waals surface area contributed by atoms with Crippen molar-refractivity contribution < 1.29 is 14.4 Å². The first-order valence-corrected chi connectivity index (χ1v) is 9.36. The van der Waals surface area contributed by atoms with Crippen molar-refractivity contribution in [2.24, 2.45) is 0 Å². The Morgan fingerprint density at radius 2 is 1.15 bits per heavy atom. The van der Waals surface area contributed by atoms with Crippen molar-refractivity contribution in [3.63, 3.8) is 0 Å². The number of rotatable bonds is 8. The van der Waals surface area contributed by atoms with E-state index in [1.165, 1.54) is 0 Å². The van der Waals surface area contributed by atoms with E-state index in [0.29, 0.717) is 46.8 Å². The minimum Gasteiger partial charge on any atom is -0.326 e. The van der Waals surface area contributed by atoms with Crippen LogP contribution in [0.5, 0.6) is 0 Å². The number of thiol groups is 2. The van der Waals surface area contributed by atoms with Gasteiger partial charge < -0.3 is 10.6 Å². The quantitative estimate of drug-likeness (QED) is 0.413. The van der Waals surface area contributed by atoms with Gasteiger partial charge in [0.15, 0.2) is 5.78 Å². The number of anilines is 2. The van der Waals surface area contributed by atoms with E-state index in [1.807, 2.05) is 0 Å². The van der Waals surface area contributed by atoms with Crippen molar-refractivity contribution in [3.05, 3.63) is 59.7 Å². The average Bonchev–Trinajstić information content (AvgIpc) is 2.62. The fourth-order valence-electron chi connectivity index (χ4n) is 2.29. The van der Waals surface area contributed by atoms with Gasteiger partial charge in [0.2, 0.25) is 11.8 Å². The number of amides is 2. The lowest BCUT2D eigenvalue weighted by Crippen LogP contribution is -2.13. The van der Waals surface area contributed by atoms with Crippen LogP contribution in [0, 0.1) is 0 Å². The standard InChI is InChI=1S/C19H20N2O3S2/c22-17(7-9-25)20-15-5-1-3-13(11-15)19(24)14-4-2-6-16(12-14)21-18(23)8-10-26/h1-6,11-12,25-26H,7-10H2,(H,20,22)(H,21,23). The van der Waals surface area contributed by atoms with Crippen LogP contribution < -0.4 is 10.6 Å². The summed E-state index contributed by atoms with van der Waals surface area (Å²) in [5.74, 6) is 0.407. The Morgan fingerprint density at radius 1 is 0.731 bits per heavy atom. The number of carbonyl (C=O) groups is 3. The Labute approximate surface area is 163 Å². The first-order chi connectivity index (χ1) is 12.5. The minimum absolute atomic E-state index is 0.154. The molecule has 2 amide bonds. The molecule has 0 saturated carbocycles. The Bertz CT molecular complexity index is 743. The van der Waals surface area contributed by atoms with Gasteiger partial charge in [-0.1, -0.05) is 24.3 Å². The largest absolute Gasteiger partial charge is 0.326 e. The molecule has 0 atom stereocenters. The van der Waals surface area contributed by atoms with E-state index in [1.54, 1.807) is 48.5 Å². The Balaban J connectivity index is 2.16. The number of ketones is 1. The van der Waals surface area contributed by atoms with E-state index in [-0.39, 0.29) is 17.6 Å². The van der Waals surface area contributed by atoms with Crippen LogP contribution in [0.15, 0.2) is 48.5 Å². The van der Waals surface area contributed by atoms with E-state index in [9.17, 15) is 14.4 Å². The second kappa shape index (κ2) is 10.0. The van der Waals surface area contributed by atoms with Crippen LogP contribution >= 0.6 is 25.3 Å². The minimum atomic E-state index is -0.194. The summed E-state index contributed by atoms with van der Waals surface area (Å²) in [6.07, 6.45) is 0.602. The Kier molecular flexibility index (Phi) is 7.74. The maximum atomic E-state index is 12.7. The number of benzene rings is 2. The molecule has 0 aromatic heterocycles. The third-order valence-electron chi connectivity index (χ3n) is 3.49. The van der Waals surface area contributed by atoms with Crippen molar-refractivity contribution in [1.82, 2.24) is 0 Å². The highest BCUT2D eigenvalue weighted by Crippen LogP contribution is 2.18. The van der Waals surface area contributed by atoms with Gasteiger partial charge in [-0.05, 0) is 35.8 Å². The molecule has 0 aliphatic rings. The number of hydrogen-bond donors (Lipinski definition) is 4. The second-order valence-corrected chi connectivity index (χ2v) is 6.43. The number of hydrogen-bond acceptors (Lipinski definition) is 5. The predicted molar refractivity (Wildman–Crippen MR) is 111 cm³/mol. The number of nitrogens with one attached hydrogen (secondary N) is 2. The maximum absolute atomic E-state index is 12.7. The Morgan fingerprint density at radius 3 is 1.54 bits per heavy atom. The summed E-state index contributed by atoms with van der Waals surface area (Å²) in [4.78, 5) is 36.1. The normalized spacial score (nSPS) is 10.2. The molecule has 2 N–H and O–H groups in total. The molecule has 0 aliphatic heterocycles. The lowest BCUT2D eigenvalue weighted by molar-refractivity contribution is -0.116. The van der Waals surface area contributed by atoms with Crippen molar-refractivity contribution >= 4 is 54.2 Å². The van der Waals surface area contributed by atoms with Crippen molar-refractivity contribution in [3.8, 4) is 0 Å². The van der Waals surface area contributed by atoms with Crippen molar-refractivity contribution in [1.29, 1.82) is 0 Å². The smallest absolute Gasteiger partial charge is 0.225 e. The fraction of sp³-hybridized carbons (Fsp3) is 0.211. The van der Waals surface area contributed by atoms with Crippen LogP contribution in [0.3, 0.4) is 0 Å². The third kappa shape index (κ3) is 5.93. The molecule has 0 fully saturated rings. The molecule has 2 aromatic rings. The summed E-state index contributed by atoms with van der Waals surface area (Å²) < 4.78 is 0. The second-order valence-electron chi connectivity index (χ2n) is 5.53. The van der Waals surface area contributed by atoms with Crippen molar-refractivity contribution in [2.75, 3.05) is 22.1 Å². The summed E-state index contributed by atoms with van der Waals surface area (Å²) in [5, 5.41) is 5.47. The van der Waals surface area contributed by atoms with Crippen LogP contribution in [-0.4, -0.2) is 29.1 Å². The lowest BCUT2D eigenvalue weighted by atomic mass is 10.0. The zero-order valence-electron chi connectivity index (χ0n) is 14.1. The van der Waals surface area contributed by atoms with Crippen molar-refractivity contribution in [2.45, 2.75) is 12.8 Å². The highest BCUT2D eigenvalue weighted by atomic mass is 32.1. The van der Waals surface area contributed by atoms with E-state index < -0.39 is 0 Å². The van der Waals surface area contributed by atoms with Gasteiger partial charge in [0.05, 0.1) is 0 Å². The summed E-state index contributed by atoms with van der Waals surface area (Å²) in [7, 11) is 0. The van der Waals surface area contributed by atoms with Gasteiger partial charge in [0.25, 0.3) is 0 Å². The molecule has 136 valence electrons. The molecule has 0 radical (unpaired) electrons. The first-order valence-electron chi connectivity index (χ1n) is 8.09. The van der Waals surface area contributed by atoms with Gasteiger partial charge in [0.1, 0.15) is 0 Å². The van der Waals surface area contributed by atoms with Gasteiger partial charge in [0, 0.05) is 35.3 Å². The first kappa shape index (κ1) is 20.1. The fourth-order valence-corrected chi connectivity index (χ4v) is 2.70. The molecule has 7 heteroatoms. The summed E-state index contributed by atoms with van der Waals surface area (Å²) in [6.45, 7) is 0. The van der Waals surface area contributed by atoms with Gasteiger partial charge in [-0.15, -0.1) is 0 Å². The molecule has 0 saturated heterocycles. The predicted octanol–water partition coefficient (Wildman–Crippen LogP) is 3.43. The number of carbonyl (C=O) groups excluding carboxylic acids is 3. The van der Waals surface area contributed by atoms with Crippen LogP contribution in [0.4, 0.5) is 11.4 Å². The van der Waals surface area contributed by atoms with Crippen LogP contribution in [0.1, 0.15) is 28.8 Å². The zero-order valence-corrected chi connectivity index (χ0v) is 15.9. The molecule has 2 aromatic carbocycles. The van der Waals surface area contributed by atoms with Gasteiger partial charge in [-0.25, -0.2) is 0 Å². The molecule has 5 nitrogen and oxygen atoms in total. The molecule has 0 spiro atoms. The summed E-state index contributed by atoms with van der Waals surface area (Å²) in [5.41, 5.74) is 2.02. The van der Waals surface area contributed by atoms with Crippen LogP contribution in [-0.2, 0) is 9.59 Å². The van der Waals surface area contributed by atoms with E-state index in [2.05, 4.69) is 35.9 Å². The van der Waals surface area contributed by atoms with Gasteiger partial charge in [-0.2, -0.15) is 25.3 Å². The summed E-state index contributed by atoms with van der Waals surface area (Å²) in [6, 6.07) is 13.5. The lowest BCUT2D eigenvalue weighted by Gasteiger charge is -2.08. The third-order valence-corrected chi connectivity index (χ3v) is 3.94. The molecule has 0 unspecified atom stereocenters. The SMILES string of the molecule is O=C(CCS)Nc1cccc(C(=O)c2cccc(NC(=O)CCS)c2)c1. The Hall–Kier alpha value is -2.25. The van der Waals surface area contributed by atoms with E-state index >= 15 is 0 Å². The van der Waals surface area contributed by atoms with Crippen LogP contribution in [0.2, 0.25) is 0 Å². The summed E-state index contributed by atoms with van der Waals surface area (Å²) >= 11 is 8.05. The van der Waals surface area contributed by atoms with Crippen LogP contribution in [0.25, 0.3) is 0 Å². The topological polar surface area (TPSA) is 75.3 Å². The average molecular weight is 389 g/mol. The highest BCUT2D eigenvalue weighted by molar-refractivity contribution is 7.80. The molecular formula is C19H20N2O3S2. The zero-order chi connectivity index (χ0) is 18.9. The maximum Gasteiger partial charge on any atom is 0.225 e. The van der Waals surface area contributed by atoms with Gasteiger partial charge >= 0.3 is 0 Å². The van der Waals surface area contributed by atoms with Gasteiger partial charge in [-0.3, -0.25) is 14.4 Å². The van der Waals surface area contributed by atoms with E-state index in [0.717, 1.165) is 0 Å². The molecule has 0 aliphatic carbocycles. The molecule has 26 heavy (non-hydrogen) atoms. The highest BCUT2D eigenvalue weighted by Gasteiger charge is 2.12. The van der Waals surface area contributed by atoms with E-state index in [4.69, 9.17) is 0 Å². The molecule has 0 bridgehead atoms.